The van der Waals surface area contributed by atoms with Crippen LogP contribution < -0.4 is 0 Å². The summed E-state index contributed by atoms with van der Waals surface area (Å²) < 4.78 is 26.8. The first kappa shape index (κ1) is 16.6. The van der Waals surface area contributed by atoms with Gasteiger partial charge in [-0.3, -0.25) is 9.01 Å². The summed E-state index contributed by atoms with van der Waals surface area (Å²) in [4.78, 5) is 12.3. The maximum Gasteiger partial charge on any atom is 0.329 e. The van der Waals surface area contributed by atoms with Gasteiger partial charge in [-0.25, -0.2) is 8.42 Å². The molecule has 0 saturated heterocycles. The molecule has 1 unspecified atom stereocenters. The molecule has 1 atom stereocenters. The summed E-state index contributed by atoms with van der Waals surface area (Å²) in [5.74, 6) is -0.225. The Morgan fingerprint density at radius 1 is 1.05 bits per heavy atom. The van der Waals surface area contributed by atoms with Crippen molar-refractivity contribution < 1.29 is 13.2 Å². The molecule has 114 valence electrons. The first-order valence-corrected chi connectivity index (χ1v) is 11.4. The standard InChI is InChI=1S/C12H23BNO3PS2/c15-12(10-8-9-10)14(13-19-18)20(16,17)11-6-4-2-1-3-5-7-11/h10-11,13H,1-9,18H2. The molecule has 2 aliphatic rings. The van der Waals surface area contributed by atoms with Crippen molar-refractivity contribution in [1.29, 1.82) is 0 Å². The highest BCUT2D eigenvalue weighted by molar-refractivity contribution is 8.58. The third-order valence-corrected chi connectivity index (χ3v) is 7.40. The summed E-state index contributed by atoms with van der Waals surface area (Å²) in [5.41, 5.74) is 0. The lowest BCUT2D eigenvalue weighted by Crippen LogP contribution is -2.44. The number of amides is 1. The van der Waals surface area contributed by atoms with Crippen LogP contribution in [0.2, 0.25) is 0 Å². The number of sulfonamides is 1. The maximum absolute atomic E-state index is 12.8. The molecule has 2 aliphatic carbocycles. The van der Waals surface area contributed by atoms with Gasteiger partial charge in [-0.05, 0) is 25.7 Å². The monoisotopic (exact) mass is 335 g/mol. The number of nitrogens with zero attached hydrogens (tertiary/aromatic N) is 1. The zero-order valence-electron chi connectivity index (χ0n) is 11.8. The van der Waals surface area contributed by atoms with Crippen LogP contribution in [-0.4, -0.2) is 30.5 Å². The van der Waals surface area contributed by atoms with Crippen molar-refractivity contribution in [3.63, 3.8) is 0 Å². The molecular formula is C12H23BNO3PS2. The minimum atomic E-state index is -3.48. The van der Waals surface area contributed by atoms with Crippen molar-refractivity contribution in [3.8, 4) is 0 Å². The van der Waals surface area contributed by atoms with Gasteiger partial charge in [0.15, 0.2) is 0 Å². The Labute approximate surface area is 129 Å². The van der Waals surface area contributed by atoms with E-state index in [1.165, 1.54) is 17.7 Å². The molecule has 2 rings (SSSR count). The Morgan fingerprint density at radius 2 is 1.60 bits per heavy atom. The molecule has 0 aromatic heterocycles. The van der Waals surface area contributed by atoms with E-state index in [4.69, 9.17) is 0 Å². The average Bonchev–Trinajstić information content (AvgIpc) is 3.18. The third-order valence-electron chi connectivity index (χ3n) is 4.14. The fourth-order valence-corrected chi connectivity index (χ4v) is 6.25. The Bertz CT molecular complexity index is 434. The predicted molar refractivity (Wildman–Crippen MR) is 89.0 cm³/mol. The maximum atomic E-state index is 12.8. The number of carbonyl (C=O) groups is 1. The number of hydrogen-bond donors (Lipinski definition) is 0. The van der Waals surface area contributed by atoms with Crippen molar-refractivity contribution in [3.05, 3.63) is 0 Å². The van der Waals surface area contributed by atoms with Crippen LogP contribution in [0.4, 0.5) is 0 Å². The van der Waals surface area contributed by atoms with E-state index >= 15 is 0 Å². The van der Waals surface area contributed by atoms with E-state index in [0.29, 0.717) is 12.8 Å². The van der Waals surface area contributed by atoms with Crippen LogP contribution in [0.3, 0.4) is 0 Å². The molecule has 2 saturated carbocycles. The van der Waals surface area contributed by atoms with Crippen molar-refractivity contribution in [2.45, 2.75) is 63.0 Å². The highest BCUT2D eigenvalue weighted by Gasteiger charge is 2.41. The molecule has 0 heterocycles. The first-order valence-electron chi connectivity index (χ1n) is 7.44. The van der Waals surface area contributed by atoms with E-state index in [0.717, 1.165) is 42.7 Å². The summed E-state index contributed by atoms with van der Waals surface area (Å²) in [6, 6.07) is 0. The molecule has 0 aromatic carbocycles. The van der Waals surface area contributed by atoms with E-state index in [9.17, 15) is 13.2 Å². The zero-order chi connectivity index (χ0) is 14.6. The second-order valence-corrected chi connectivity index (χ2v) is 9.50. The van der Waals surface area contributed by atoms with Gasteiger partial charge in [-0.1, -0.05) is 40.5 Å². The van der Waals surface area contributed by atoms with Crippen LogP contribution in [0.5, 0.6) is 0 Å². The lowest BCUT2D eigenvalue weighted by molar-refractivity contribution is -0.124. The highest BCUT2D eigenvalue weighted by Crippen LogP contribution is 2.34. The smallest absolute Gasteiger partial charge is 0.278 e. The van der Waals surface area contributed by atoms with E-state index in [-0.39, 0.29) is 23.8 Å². The number of rotatable bonds is 5. The van der Waals surface area contributed by atoms with E-state index < -0.39 is 10.0 Å². The van der Waals surface area contributed by atoms with Crippen LogP contribution in [0.1, 0.15) is 57.8 Å². The van der Waals surface area contributed by atoms with E-state index in [1.807, 2.05) is 0 Å². The topological polar surface area (TPSA) is 54.5 Å². The van der Waals surface area contributed by atoms with Gasteiger partial charge in [0.05, 0.1) is 5.25 Å². The summed E-state index contributed by atoms with van der Waals surface area (Å²) in [6.07, 6.45) is 8.46. The Morgan fingerprint density at radius 3 is 2.10 bits per heavy atom. The predicted octanol–water partition coefficient (Wildman–Crippen LogP) is 2.46. The van der Waals surface area contributed by atoms with Crippen LogP contribution in [0.25, 0.3) is 0 Å². The van der Waals surface area contributed by atoms with Crippen LogP contribution in [0.15, 0.2) is 0 Å². The van der Waals surface area contributed by atoms with Crippen LogP contribution in [-0.2, 0) is 14.8 Å². The van der Waals surface area contributed by atoms with Crippen molar-refractivity contribution >= 4 is 42.3 Å². The molecule has 2 fully saturated rings. The molecule has 8 heteroatoms. The number of hydrogen-bond acceptors (Lipinski definition) is 4. The quantitative estimate of drug-likeness (QED) is 0.572. The second-order valence-electron chi connectivity index (χ2n) is 5.77. The second kappa shape index (κ2) is 7.50. The summed E-state index contributed by atoms with van der Waals surface area (Å²) in [6.45, 7) is 0.235. The fraction of sp³-hybridized carbons (Fsp3) is 0.917. The van der Waals surface area contributed by atoms with E-state index in [2.05, 4.69) is 8.44 Å². The summed E-state index contributed by atoms with van der Waals surface area (Å²) >= 11 is 1.33. The Kier molecular flexibility index (Phi) is 6.24. The van der Waals surface area contributed by atoms with Gasteiger partial charge in [0.2, 0.25) is 15.9 Å². The van der Waals surface area contributed by atoms with Gasteiger partial charge < -0.3 is 0 Å². The molecule has 0 aromatic rings. The van der Waals surface area contributed by atoms with Crippen LogP contribution >= 0.6 is 19.7 Å². The minimum absolute atomic E-state index is 0.0459. The van der Waals surface area contributed by atoms with E-state index in [1.54, 1.807) is 0 Å². The number of carbonyl (C=O) groups excluding carboxylic acids is 1. The minimum Gasteiger partial charge on any atom is -0.278 e. The molecular weight excluding hydrogens is 312 g/mol. The first-order chi connectivity index (χ1) is 9.57. The third kappa shape index (κ3) is 4.14. The van der Waals surface area contributed by atoms with Gasteiger partial charge in [0, 0.05) is 5.92 Å². The lowest BCUT2D eigenvalue weighted by atomic mass is 10.0. The Hall–Kier alpha value is 0.265. The zero-order valence-corrected chi connectivity index (χ0v) is 14.6. The van der Waals surface area contributed by atoms with Gasteiger partial charge in [0.25, 0.3) is 0 Å². The van der Waals surface area contributed by atoms with Crippen molar-refractivity contribution in [1.82, 2.24) is 4.22 Å². The van der Waals surface area contributed by atoms with Crippen molar-refractivity contribution in [2.24, 2.45) is 5.92 Å². The molecule has 1 amide bonds. The summed E-state index contributed by atoms with van der Waals surface area (Å²) in [7, 11) is -1.04. The summed E-state index contributed by atoms with van der Waals surface area (Å²) in [5, 5.41) is -0.359. The SMILES string of the molecule is O=C(C1CC1)N(BSP)S(=O)(=O)C1CCCCCCC1. The highest BCUT2D eigenvalue weighted by atomic mass is 32.7. The van der Waals surface area contributed by atoms with Crippen LogP contribution in [0, 0.1) is 5.92 Å². The van der Waals surface area contributed by atoms with Crippen molar-refractivity contribution in [2.75, 3.05) is 0 Å². The molecule has 0 aliphatic heterocycles. The molecule has 0 spiro atoms. The van der Waals surface area contributed by atoms with Gasteiger partial charge >= 0.3 is 6.69 Å². The fourth-order valence-electron chi connectivity index (χ4n) is 2.76. The van der Waals surface area contributed by atoms with Gasteiger partial charge in [0.1, 0.15) is 0 Å². The largest absolute Gasteiger partial charge is 0.329 e. The lowest BCUT2D eigenvalue weighted by Gasteiger charge is -2.28. The molecule has 0 bridgehead atoms. The molecule has 20 heavy (non-hydrogen) atoms. The molecule has 0 radical (unpaired) electrons. The normalized spacial score (nSPS) is 21.9. The molecule has 4 nitrogen and oxygen atoms in total. The van der Waals surface area contributed by atoms with Gasteiger partial charge in [-0.2, -0.15) is 11.2 Å². The Balaban J connectivity index is 2.12. The van der Waals surface area contributed by atoms with Gasteiger partial charge in [-0.15, -0.1) is 0 Å². The molecule has 0 N–H and O–H groups in total. The average molecular weight is 335 g/mol.